The Hall–Kier alpha value is -2.86. The van der Waals surface area contributed by atoms with E-state index in [0.29, 0.717) is 24.4 Å². The van der Waals surface area contributed by atoms with Crippen LogP contribution in [0.5, 0.6) is 0 Å². The smallest absolute Gasteiger partial charge is 0.252 e. The summed E-state index contributed by atoms with van der Waals surface area (Å²) in [6.07, 6.45) is 33.5. The number of hydrogen-bond acceptors (Lipinski definition) is 3. The number of nitrogens with one attached hydrogen (secondary N) is 1. The van der Waals surface area contributed by atoms with Gasteiger partial charge in [0.2, 0.25) is 5.91 Å². The lowest BCUT2D eigenvalue weighted by molar-refractivity contribution is -0.130. The molecule has 1 atom stereocenters. The second-order valence-corrected chi connectivity index (χ2v) is 9.05. The van der Waals surface area contributed by atoms with Gasteiger partial charge in [-0.1, -0.05) is 67.7 Å². The van der Waals surface area contributed by atoms with E-state index >= 15 is 0 Å². The molecule has 2 rings (SSSR count). The lowest BCUT2D eigenvalue weighted by Crippen LogP contribution is -2.33. The highest BCUT2D eigenvalue weighted by atomic mass is 32.1. The van der Waals surface area contributed by atoms with Crippen LogP contribution in [0.15, 0.2) is 85.3 Å². The normalized spacial score (nSPS) is 16.0. The maximum atomic E-state index is 12.5. The fourth-order valence-electron chi connectivity index (χ4n) is 3.96. The van der Waals surface area contributed by atoms with Crippen molar-refractivity contribution in [3.05, 3.63) is 90.9 Å². The van der Waals surface area contributed by atoms with E-state index in [2.05, 4.69) is 78.0 Å². The molecule has 0 radical (unpaired) electrons. The van der Waals surface area contributed by atoms with Gasteiger partial charge in [0.1, 0.15) is 0 Å². The van der Waals surface area contributed by atoms with Crippen molar-refractivity contribution in [2.45, 2.75) is 64.7 Å². The van der Waals surface area contributed by atoms with E-state index < -0.39 is 0 Å². The van der Waals surface area contributed by atoms with Crippen LogP contribution < -0.4 is 5.32 Å². The average Bonchev–Trinajstić information content (AvgIpc) is 3.39. The van der Waals surface area contributed by atoms with Gasteiger partial charge in [0.05, 0.1) is 5.56 Å². The Kier molecular flexibility index (Phi) is 18.5. The molecular formula is C31H45N3O2S. The molecule has 202 valence electrons. The van der Waals surface area contributed by atoms with Gasteiger partial charge in [-0.3, -0.25) is 14.6 Å². The highest BCUT2D eigenvalue weighted by molar-refractivity contribution is 7.59. The summed E-state index contributed by atoms with van der Waals surface area (Å²) in [4.78, 5) is 30.6. The third-order valence-electron chi connectivity index (χ3n) is 6.03. The van der Waals surface area contributed by atoms with Crippen molar-refractivity contribution >= 4 is 25.3 Å². The van der Waals surface area contributed by atoms with Crippen molar-refractivity contribution in [3.63, 3.8) is 0 Å². The molecule has 0 spiro atoms. The van der Waals surface area contributed by atoms with Crippen molar-refractivity contribution in [1.82, 2.24) is 15.2 Å². The predicted molar refractivity (Wildman–Crippen MR) is 160 cm³/mol. The number of carbonyl (C=O) groups excluding carboxylic acids is 2. The van der Waals surface area contributed by atoms with Gasteiger partial charge in [0.25, 0.3) is 5.91 Å². The molecule has 6 heteroatoms. The summed E-state index contributed by atoms with van der Waals surface area (Å²) in [7, 11) is 0. The monoisotopic (exact) mass is 523 g/mol. The Morgan fingerprint density at radius 1 is 0.973 bits per heavy atom. The molecule has 1 N–H and O–H groups in total. The van der Waals surface area contributed by atoms with Crippen molar-refractivity contribution in [1.29, 1.82) is 0 Å². The van der Waals surface area contributed by atoms with Gasteiger partial charge in [-0.05, 0) is 69.4 Å². The first-order valence-electron chi connectivity index (χ1n) is 13.4. The van der Waals surface area contributed by atoms with Gasteiger partial charge in [0.15, 0.2) is 0 Å². The zero-order valence-corrected chi connectivity index (χ0v) is 23.4. The molecule has 1 aromatic heterocycles. The van der Waals surface area contributed by atoms with E-state index in [0.717, 1.165) is 64.5 Å². The first-order valence-corrected chi connectivity index (χ1v) is 13.4. The number of likely N-dealkylation sites (tertiary alicyclic amines) is 1. The average molecular weight is 524 g/mol. The second kappa shape index (κ2) is 21.2. The third-order valence-corrected chi connectivity index (χ3v) is 6.03. The Balaban J connectivity index is 0.00000684. The van der Waals surface area contributed by atoms with E-state index in [9.17, 15) is 9.59 Å². The Labute approximate surface area is 231 Å². The maximum absolute atomic E-state index is 12.5. The van der Waals surface area contributed by atoms with Crippen molar-refractivity contribution < 1.29 is 9.59 Å². The van der Waals surface area contributed by atoms with Gasteiger partial charge >= 0.3 is 0 Å². The van der Waals surface area contributed by atoms with Crippen LogP contribution >= 0.6 is 13.5 Å². The van der Waals surface area contributed by atoms with Crippen LogP contribution in [-0.4, -0.2) is 41.3 Å². The van der Waals surface area contributed by atoms with Crippen LogP contribution in [0.3, 0.4) is 0 Å². The standard InChI is InChI=1S/C31H43N3O2.H2S/c1-2-3-4-5-6-7-8-9-10-11-12-13-14-15-16-17-18-21-30(35)34-24-22-28(27-34)25-33-31(36)29-20-19-23-32-26-29;/h3-4,6-7,9-10,12-13,15-16,19-20,23,26,28H,2,5,8,11,14,17-18,21-22,24-25,27H2,1H3,(H,33,36);1H2/b4-3-,7-6-,10-9-,13-12-,16-15-;/t28-;/m0./s1. The van der Waals surface area contributed by atoms with Gasteiger partial charge in [-0.15, -0.1) is 0 Å². The molecule has 5 nitrogen and oxygen atoms in total. The van der Waals surface area contributed by atoms with Crippen molar-refractivity contribution in [2.24, 2.45) is 5.92 Å². The second-order valence-electron chi connectivity index (χ2n) is 9.05. The lowest BCUT2D eigenvalue weighted by Gasteiger charge is -2.16. The number of amides is 2. The molecule has 2 heterocycles. The minimum Gasteiger partial charge on any atom is -0.352 e. The molecule has 2 amide bonds. The van der Waals surface area contributed by atoms with Crippen molar-refractivity contribution in [3.8, 4) is 0 Å². The molecule has 0 aliphatic carbocycles. The van der Waals surface area contributed by atoms with Crippen LogP contribution in [0.1, 0.15) is 75.1 Å². The van der Waals surface area contributed by atoms with E-state index in [1.54, 1.807) is 24.5 Å². The summed E-state index contributed by atoms with van der Waals surface area (Å²) in [5, 5.41) is 2.96. The Bertz CT molecular complexity index is 906. The number of hydrogen-bond donors (Lipinski definition) is 1. The van der Waals surface area contributed by atoms with Crippen molar-refractivity contribution in [2.75, 3.05) is 19.6 Å². The van der Waals surface area contributed by atoms with E-state index in [-0.39, 0.29) is 25.3 Å². The number of allylic oxidation sites excluding steroid dienone is 10. The Morgan fingerprint density at radius 2 is 1.59 bits per heavy atom. The van der Waals surface area contributed by atoms with E-state index in [4.69, 9.17) is 0 Å². The molecule has 0 saturated carbocycles. The number of unbranched alkanes of at least 4 members (excludes halogenated alkanes) is 1. The molecule has 0 aromatic carbocycles. The first-order chi connectivity index (χ1) is 17.7. The van der Waals surface area contributed by atoms with Crippen LogP contribution in [0, 0.1) is 5.92 Å². The summed E-state index contributed by atoms with van der Waals surface area (Å²) >= 11 is 0. The maximum Gasteiger partial charge on any atom is 0.252 e. The number of pyridine rings is 1. The minimum atomic E-state index is -0.107. The molecule has 1 aromatic rings. The zero-order chi connectivity index (χ0) is 25.7. The minimum absolute atomic E-state index is 0. The fourth-order valence-corrected chi connectivity index (χ4v) is 3.96. The first kappa shape index (κ1) is 32.2. The zero-order valence-electron chi connectivity index (χ0n) is 22.4. The summed E-state index contributed by atoms with van der Waals surface area (Å²) < 4.78 is 0. The number of carbonyl (C=O) groups is 2. The SMILES string of the molecule is CC/C=C\C/C=C\C/C=C\C/C=C\C/C=C\CCCC(=O)N1CC[C@@H](CNC(=O)c2cccnc2)C1.S. The van der Waals surface area contributed by atoms with Gasteiger partial charge in [0, 0.05) is 38.4 Å². The van der Waals surface area contributed by atoms with E-state index in [1.807, 2.05) is 4.90 Å². The van der Waals surface area contributed by atoms with Crippen LogP contribution in [0.4, 0.5) is 0 Å². The fraction of sp³-hybridized carbons (Fsp3) is 0.452. The summed E-state index contributed by atoms with van der Waals surface area (Å²) in [6, 6.07) is 3.51. The lowest BCUT2D eigenvalue weighted by atomic mass is 10.1. The van der Waals surface area contributed by atoms with E-state index in [1.165, 1.54) is 0 Å². The molecule has 1 aliphatic rings. The number of rotatable bonds is 16. The summed E-state index contributed by atoms with van der Waals surface area (Å²) in [5.41, 5.74) is 0.568. The molecule has 1 saturated heterocycles. The summed E-state index contributed by atoms with van der Waals surface area (Å²) in [6.45, 7) is 4.26. The van der Waals surface area contributed by atoms with Crippen LogP contribution in [0.2, 0.25) is 0 Å². The topological polar surface area (TPSA) is 62.3 Å². The largest absolute Gasteiger partial charge is 0.352 e. The number of aromatic nitrogens is 1. The quantitative estimate of drug-likeness (QED) is 0.194. The molecule has 1 fully saturated rings. The van der Waals surface area contributed by atoms with Gasteiger partial charge in [-0.25, -0.2) is 0 Å². The highest BCUT2D eigenvalue weighted by Crippen LogP contribution is 2.17. The predicted octanol–water partition coefficient (Wildman–Crippen LogP) is 6.69. The molecular weight excluding hydrogens is 478 g/mol. The number of nitrogens with zero attached hydrogens (tertiary/aromatic N) is 2. The van der Waals surface area contributed by atoms with Crippen LogP contribution in [-0.2, 0) is 4.79 Å². The Morgan fingerprint density at radius 3 is 2.19 bits per heavy atom. The van der Waals surface area contributed by atoms with Gasteiger partial charge < -0.3 is 10.2 Å². The summed E-state index contributed by atoms with van der Waals surface area (Å²) in [5.74, 6) is 0.439. The highest BCUT2D eigenvalue weighted by Gasteiger charge is 2.26. The molecule has 0 unspecified atom stereocenters. The van der Waals surface area contributed by atoms with Crippen LogP contribution in [0.25, 0.3) is 0 Å². The molecule has 1 aliphatic heterocycles. The molecule has 37 heavy (non-hydrogen) atoms. The third kappa shape index (κ3) is 15.1. The molecule has 0 bridgehead atoms. The van der Waals surface area contributed by atoms with Gasteiger partial charge in [-0.2, -0.15) is 13.5 Å².